The van der Waals surface area contributed by atoms with E-state index < -0.39 is 17.7 Å². The van der Waals surface area contributed by atoms with Gasteiger partial charge in [0.15, 0.2) is 11.6 Å². The molecule has 1 aromatic rings. The molecule has 2 N–H and O–H groups in total. The van der Waals surface area contributed by atoms with Crippen molar-refractivity contribution in [2.75, 3.05) is 26.8 Å². The van der Waals surface area contributed by atoms with Crippen LogP contribution in [0, 0.1) is 11.6 Å². The summed E-state index contributed by atoms with van der Waals surface area (Å²) in [4.78, 5) is 2.21. The lowest BCUT2D eigenvalue weighted by molar-refractivity contribution is 0.127. The van der Waals surface area contributed by atoms with Gasteiger partial charge in [0.25, 0.3) is 0 Å². The van der Waals surface area contributed by atoms with Gasteiger partial charge < -0.3 is 10.5 Å². The molecule has 114 valence electrons. The zero-order valence-corrected chi connectivity index (χ0v) is 12.4. The van der Waals surface area contributed by atoms with E-state index in [4.69, 9.17) is 10.5 Å². The van der Waals surface area contributed by atoms with Crippen LogP contribution in [0.3, 0.4) is 0 Å². The third-order valence-corrected chi connectivity index (χ3v) is 3.42. The minimum Gasteiger partial charge on any atom is -0.383 e. The Morgan fingerprint density at radius 2 is 1.95 bits per heavy atom. The average Bonchev–Trinajstić information content (AvgIpc) is 2.41. The second-order valence-corrected chi connectivity index (χ2v) is 5.16. The number of hydrogen-bond donors (Lipinski definition) is 1. The Hall–Kier alpha value is -1.04. The van der Waals surface area contributed by atoms with Gasteiger partial charge in [-0.3, -0.25) is 4.90 Å². The number of halogens is 2. The molecule has 0 saturated carbocycles. The molecule has 1 rings (SSSR count). The molecule has 0 aliphatic heterocycles. The second-order valence-electron chi connectivity index (χ2n) is 5.16. The molecule has 0 aliphatic carbocycles. The number of ether oxygens (including phenoxy) is 1. The number of nitrogens with zero attached hydrogens (tertiary/aromatic N) is 1. The van der Waals surface area contributed by atoms with Crippen LogP contribution in [0.4, 0.5) is 8.78 Å². The molecule has 1 aromatic carbocycles. The lowest BCUT2D eigenvalue weighted by Crippen LogP contribution is -2.36. The molecule has 5 heteroatoms. The summed E-state index contributed by atoms with van der Waals surface area (Å²) in [6, 6.07) is 3.98. The van der Waals surface area contributed by atoms with Crippen LogP contribution in [0.2, 0.25) is 0 Å². The first kappa shape index (κ1) is 17.0. The van der Waals surface area contributed by atoms with Crippen molar-refractivity contribution in [2.45, 2.75) is 32.4 Å². The molecule has 0 radical (unpaired) electrons. The number of nitrogens with two attached hydrogens (primary N) is 1. The highest BCUT2D eigenvalue weighted by molar-refractivity contribution is 5.22. The summed E-state index contributed by atoms with van der Waals surface area (Å²) >= 11 is 0. The Morgan fingerprint density at radius 3 is 2.55 bits per heavy atom. The van der Waals surface area contributed by atoms with Crippen LogP contribution in [0.25, 0.3) is 0 Å². The lowest BCUT2D eigenvalue weighted by Gasteiger charge is -2.27. The predicted molar refractivity (Wildman–Crippen MR) is 76.5 cm³/mol. The molecule has 0 heterocycles. The van der Waals surface area contributed by atoms with Crippen molar-refractivity contribution in [3.8, 4) is 0 Å². The summed E-state index contributed by atoms with van der Waals surface area (Å²) < 4.78 is 31.9. The molecule has 0 aromatic heterocycles. The Kier molecular flexibility index (Phi) is 7.05. The van der Waals surface area contributed by atoms with Crippen LogP contribution in [0.5, 0.6) is 0 Å². The van der Waals surface area contributed by atoms with E-state index >= 15 is 0 Å². The summed E-state index contributed by atoms with van der Waals surface area (Å²) in [7, 11) is 1.66. The number of rotatable bonds is 8. The van der Waals surface area contributed by atoms with E-state index in [0.717, 1.165) is 19.2 Å². The summed E-state index contributed by atoms with van der Waals surface area (Å²) in [6.07, 6.45) is 0.572. The minimum atomic E-state index is -0.849. The van der Waals surface area contributed by atoms with E-state index in [0.29, 0.717) is 19.1 Å². The highest BCUT2D eigenvalue weighted by Crippen LogP contribution is 2.20. The van der Waals surface area contributed by atoms with Gasteiger partial charge in [-0.15, -0.1) is 0 Å². The van der Waals surface area contributed by atoms with Crippen LogP contribution in [0.1, 0.15) is 31.9 Å². The zero-order valence-electron chi connectivity index (χ0n) is 12.4. The van der Waals surface area contributed by atoms with Crippen LogP contribution >= 0.6 is 0 Å². The maximum absolute atomic E-state index is 13.6. The van der Waals surface area contributed by atoms with Crippen LogP contribution in [-0.2, 0) is 4.74 Å². The van der Waals surface area contributed by atoms with Crippen molar-refractivity contribution < 1.29 is 13.5 Å². The van der Waals surface area contributed by atoms with Crippen molar-refractivity contribution in [1.82, 2.24) is 4.90 Å². The van der Waals surface area contributed by atoms with Gasteiger partial charge in [0, 0.05) is 37.8 Å². The van der Waals surface area contributed by atoms with Crippen molar-refractivity contribution in [1.29, 1.82) is 0 Å². The third-order valence-electron chi connectivity index (χ3n) is 3.42. The Balaban J connectivity index is 2.60. The van der Waals surface area contributed by atoms with Gasteiger partial charge in [-0.05, 0) is 26.3 Å². The van der Waals surface area contributed by atoms with Crippen molar-refractivity contribution in [3.63, 3.8) is 0 Å². The first-order chi connectivity index (χ1) is 9.47. The van der Waals surface area contributed by atoms with Crippen LogP contribution < -0.4 is 5.73 Å². The zero-order chi connectivity index (χ0) is 15.1. The second kappa shape index (κ2) is 8.29. The number of benzene rings is 1. The maximum Gasteiger partial charge on any atom is 0.163 e. The van der Waals surface area contributed by atoms with Crippen LogP contribution in [-0.4, -0.2) is 37.7 Å². The molecule has 0 bridgehead atoms. The van der Waals surface area contributed by atoms with Gasteiger partial charge in [0.2, 0.25) is 0 Å². The lowest BCUT2D eigenvalue weighted by atomic mass is 10.0. The highest BCUT2D eigenvalue weighted by atomic mass is 19.2. The smallest absolute Gasteiger partial charge is 0.163 e. The predicted octanol–water partition coefficient (Wildman–Crippen LogP) is 2.71. The van der Waals surface area contributed by atoms with E-state index in [1.165, 1.54) is 12.1 Å². The highest BCUT2D eigenvalue weighted by Gasteiger charge is 2.17. The fourth-order valence-corrected chi connectivity index (χ4v) is 2.10. The van der Waals surface area contributed by atoms with E-state index in [1.54, 1.807) is 7.11 Å². The van der Waals surface area contributed by atoms with Crippen LogP contribution in [0.15, 0.2) is 18.2 Å². The summed E-state index contributed by atoms with van der Waals surface area (Å²) in [6.45, 7) is 6.33. The quantitative estimate of drug-likeness (QED) is 0.798. The molecule has 0 aliphatic rings. The Labute approximate surface area is 119 Å². The van der Waals surface area contributed by atoms with E-state index in [2.05, 4.69) is 18.7 Å². The average molecular weight is 286 g/mol. The van der Waals surface area contributed by atoms with Gasteiger partial charge in [-0.25, -0.2) is 8.78 Å². The first-order valence-electron chi connectivity index (χ1n) is 6.89. The number of hydrogen-bond acceptors (Lipinski definition) is 3. The molecule has 0 fully saturated rings. The van der Waals surface area contributed by atoms with Gasteiger partial charge in [-0.1, -0.05) is 12.1 Å². The van der Waals surface area contributed by atoms with Gasteiger partial charge in [0.1, 0.15) is 0 Å². The fourth-order valence-electron chi connectivity index (χ4n) is 2.10. The van der Waals surface area contributed by atoms with Gasteiger partial charge in [0.05, 0.1) is 6.61 Å². The molecule has 20 heavy (non-hydrogen) atoms. The molecule has 0 saturated heterocycles. The van der Waals surface area contributed by atoms with Gasteiger partial charge >= 0.3 is 0 Å². The molecule has 3 nitrogen and oxygen atoms in total. The van der Waals surface area contributed by atoms with Crippen molar-refractivity contribution in [2.24, 2.45) is 5.73 Å². The van der Waals surface area contributed by atoms with Crippen molar-refractivity contribution in [3.05, 3.63) is 35.4 Å². The molecule has 0 spiro atoms. The summed E-state index contributed by atoms with van der Waals surface area (Å²) in [5, 5.41) is 0. The molecule has 1 atom stereocenters. The first-order valence-corrected chi connectivity index (χ1v) is 6.89. The normalized spacial score (nSPS) is 13.2. The molecule has 1 unspecified atom stereocenters. The van der Waals surface area contributed by atoms with Gasteiger partial charge in [-0.2, -0.15) is 0 Å². The minimum absolute atomic E-state index is 0.237. The standard InChI is InChI=1S/C15H24F2N2O/c1-11(2)19(9-10-20-3)8-7-14(18)12-5-4-6-13(16)15(12)17/h4-6,11,14H,7-10,18H2,1-3H3. The molecular formula is C15H24F2N2O. The summed E-state index contributed by atoms with van der Waals surface area (Å²) in [5.74, 6) is -1.69. The van der Waals surface area contributed by atoms with Crippen molar-refractivity contribution >= 4 is 0 Å². The largest absolute Gasteiger partial charge is 0.383 e. The Morgan fingerprint density at radius 1 is 1.25 bits per heavy atom. The summed E-state index contributed by atoms with van der Waals surface area (Å²) in [5.41, 5.74) is 6.21. The fraction of sp³-hybridized carbons (Fsp3) is 0.600. The molecule has 0 amide bonds. The topological polar surface area (TPSA) is 38.5 Å². The number of methoxy groups -OCH3 is 1. The van der Waals surface area contributed by atoms with E-state index in [1.807, 2.05) is 0 Å². The SMILES string of the molecule is COCCN(CCC(N)c1cccc(F)c1F)C(C)C. The molecular weight excluding hydrogens is 262 g/mol. The Bertz CT molecular complexity index is 413. The maximum atomic E-state index is 13.6. The third kappa shape index (κ3) is 4.81. The monoisotopic (exact) mass is 286 g/mol. The van der Waals surface area contributed by atoms with E-state index in [9.17, 15) is 8.78 Å². The van der Waals surface area contributed by atoms with E-state index in [-0.39, 0.29) is 5.56 Å².